The van der Waals surface area contributed by atoms with Gasteiger partial charge in [0.2, 0.25) is 17.7 Å². The van der Waals surface area contributed by atoms with Gasteiger partial charge < -0.3 is 5.73 Å². The molecule has 1 atom stereocenters. The molecule has 2 N–H and O–H groups in total. The van der Waals surface area contributed by atoms with E-state index in [4.69, 9.17) is 5.73 Å². The smallest absolute Gasteiger partial charge is 0.240 e. The van der Waals surface area contributed by atoms with Crippen LogP contribution >= 0.6 is 15.9 Å². The van der Waals surface area contributed by atoms with Crippen LogP contribution in [0.5, 0.6) is 0 Å². The molecule has 20 heavy (non-hydrogen) atoms. The van der Waals surface area contributed by atoms with Crippen LogP contribution in [0.15, 0.2) is 28.7 Å². The second-order valence-electron chi connectivity index (χ2n) is 5.08. The van der Waals surface area contributed by atoms with Gasteiger partial charge in [-0.2, -0.15) is 0 Å². The summed E-state index contributed by atoms with van der Waals surface area (Å²) < 4.78 is 0.909. The molecule has 0 spiro atoms. The molecule has 0 aliphatic carbocycles. The molecular weight excluding hydrogens is 324 g/mol. The highest BCUT2D eigenvalue weighted by Gasteiger charge is 2.48. The van der Waals surface area contributed by atoms with Gasteiger partial charge in [-0.1, -0.05) is 28.1 Å². The lowest BCUT2D eigenvalue weighted by molar-refractivity contribution is -0.140. The Balaban J connectivity index is 2.25. The Labute approximate surface area is 125 Å². The lowest BCUT2D eigenvalue weighted by Gasteiger charge is -2.22. The summed E-state index contributed by atoms with van der Waals surface area (Å²) in [6, 6.07) is 7.33. The molecule has 0 aromatic heterocycles. The molecule has 1 aliphatic heterocycles. The molecule has 0 bridgehead atoms. The van der Waals surface area contributed by atoms with Gasteiger partial charge in [-0.15, -0.1) is 0 Å². The second kappa shape index (κ2) is 5.36. The predicted octanol–water partition coefficient (Wildman–Crippen LogP) is 1.34. The highest BCUT2D eigenvalue weighted by molar-refractivity contribution is 9.10. The number of carbonyl (C=O) groups is 3. The van der Waals surface area contributed by atoms with Crippen molar-refractivity contribution in [2.75, 3.05) is 6.54 Å². The van der Waals surface area contributed by atoms with Crippen LogP contribution in [0.3, 0.4) is 0 Å². The lowest BCUT2D eigenvalue weighted by atomic mass is 9.81. The van der Waals surface area contributed by atoms with Gasteiger partial charge >= 0.3 is 0 Å². The van der Waals surface area contributed by atoms with Crippen molar-refractivity contribution in [3.8, 4) is 0 Å². The Hall–Kier alpha value is -1.69. The number of nitrogens with two attached hydrogens (primary N) is 1. The van der Waals surface area contributed by atoms with E-state index in [0.717, 1.165) is 14.9 Å². The van der Waals surface area contributed by atoms with Crippen LogP contribution in [-0.4, -0.2) is 29.2 Å². The zero-order valence-electron chi connectivity index (χ0n) is 11.1. The van der Waals surface area contributed by atoms with E-state index in [1.54, 1.807) is 6.92 Å². The van der Waals surface area contributed by atoms with Crippen molar-refractivity contribution >= 4 is 33.7 Å². The van der Waals surface area contributed by atoms with Crippen LogP contribution in [0.4, 0.5) is 0 Å². The molecule has 6 heteroatoms. The average molecular weight is 339 g/mol. The first kappa shape index (κ1) is 14.7. The van der Waals surface area contributed by atoms with Crippen molar-refractivity contribution in [3.05, 3.63) is 34.3 Å². The molecule has 2 rings (SSSR count). The van der Waals surface area contributed by atoms with E-state index in [1.165, 1.54) is 0 Å². The summed E-state index contributed by atoms with van der Waals surface area (Å²) >= 11 is 3.34. The van der Waals surface area contributed by atoms with Crippen molar-refractivity contribution in [2.24, 2.45) is 5.73 Å². The molecule has 1 saturated heterocycles. The number of hydrogen-bond acceptors (Lipinski definition) is 3. The van der Waals surface area contributed by atoms with Crippen molar-refractivity contribution in [1.29, 1.82) is 0 Å². The Morgan fingerprint density at radius 3 is 2.50 bits per heavy atom. The Kier molecular flexibility index (Phi) is 3.94. The summed E-state index contributed by atoms with van der Waals surface area (Å²) in [5.41, 5.74) is 4.99. The van der Waals surface area contributed by atoms with Crippen LogP contribution in [-0.2, 0) is 19.8 Å². The third kappa shape index (κ3) is 2.60. The minimum atomic E-state index is -0.866. The van der Waals surface area contributed by atoms with Crippen molar-refractivity contribution < 1.29 is 14.4 Å². The number of primary amides is 1. The van der Waals surface area contributed by atoms with E-state index in [0.29, 0.717) is 0 Å². The van der Waals surface area contributed by atoms with Crippen molar-refractivity contribution in [2.45, 2.75) is 25.2 Å². The maximum atomic E-state index is 12.5. The second-order valence-corrected chi connectivity index (χ2v) is 6.00. The topological polar surface area (TPSA) is 80.5 Å². The summed E-state index contributed by atoms with van der Waals surface area (Å²) in [7, 11) is 0. The normalized spacial score (nSPS) is 22.4. The number of amides is 3. The number of likely N-dealkylation sites (tertiary alicyclic amines) is 1. The van der Waals surface area contributed by atoms with Gasteiger partial charge in [0, 0.05) is 23.9 Å². The molecule has 0 saturated carbocycles. The van der Waals surface area contributed by atoms with E-state index in [-0.39, 0.29) is 31.2 Å². The highest BCUT2D eigenvalue weighted by Crippen LogP contribution is 2.36. The number of nitrogens with zero attached hydrogens (tertiary/aromatic N) is 1. The summed E-state index contributed by atoms with van der Waals surface area (Å²) in [5.74, 6) is -1.06. The molecule has 1 heterocycles. The van der Waals surface area contributed by atoms with Crippen LogP contribution in [0.25, 0.3) is 0 Å². The van der Waals surface area contributed by atoms with Crippen LogP contribution < -0.4 is 5.73 Å². The number of benzene rings is 1. The zero-order valence-corrected chi connectivity index (χ0v) is 12.6. The highest BCUT2D eigenvalue weighted by atomic mass is 79.9. The number of hydrogen-bond donors (Lipinski definition) is 1. The molecule has 1 fully saturated rings. The first-order valence-electron chi connectivity index (χ1n) is 6.24. The molecule has 1 aromatic carbocycles. The first-order valence-corrected chi connectivity index (χ1v) is 7.03. The SMILES string of the molecule is C[C@@]1(c2ccc(Br)cc2)CC(=O)N(CCC(N)=O)C1=O. The fourth-order valence-electron chi connectivity index (χ4n) is 2.38. The van der Waals surface area contributed by atoms with Crippen LogP contribution in [0.2, 0.25) is 0 Å². The van der Waals surface area contributed by atoms with Crippen LogP contribution in [0, 0.1) is 0 Å². The molecule has 5 nitrogen and oxygen atoms in total. The maximum absolute atomic E-state index is 12.5. The van der Waals surface area contributed by atoms with E-state index in [1.807, 2.05) is 24.3 Å². The van der Waals surface area contributed by atoms with E-state index in [9.17, 15) is 14.4 Å². The number of rotatable bonds is 4. The molecule has 1 aromatic rings. The number of halogens is 1. The largest absolute Gasteiger partial charge is 0.370 e. The van der Waals surface area contributed by atoms with Gasteiger partial charge in [-0.05, 0) is 24.6 Å². The molecule has 3 amide bonds. The van der Waals surface area contributed by atoms with E-state index in [2.05, 4.69) is 15.9 Å². The minimum Gasteiger partial charge on any atom is -0.370 e. The number of carbonyl (C=O) groups excluding carboxylic acids is 3. The Morgan fingerprint density at radius 2 is 1.95 bits per heavy atom. The molecule has 106 valence electrons. The van der Waals surface area contributed by atoms with Gasteiger partial charge in [0.15, 0.2) is 0 Å². The zero-order chi connectivity index (χ0) is 14.9. The molecule has 0 unspecified atom stereocenters. The van der Waals surface area contributed by atoms with E-state index < -0.39 is 11.3 Å². The standard InChI is InChI=1S/C14H15BrN2O3/c1-14(9-2-4-10(15)5-3-9)8-12(19)17(13(14)20)7-6-11(16)18/h2-5H,6-8H2,1H3,(H2,16,18)/t14-/m0/s1. The van der Waals surface area contributed by atoms with Gasteiger partial charge in [-0.25, -0.2) is 0 Å². The third-order valence-electron chi connectivity index (χ3n) is 3.59. The summed E-state index contributed by atoms with van der Waals surface area (Å²) in [6.45, 7) is 1.81. The summed E-state index contributed by atoms with van der Waals surface area (Å²) in [4.78, 5) is 36.4. The van der Waals surface area contributed by atoms with Gasteiger partial charge in [0.1, 0.15) is 0 Å². The monoisotopic (exact) mass is 338 g/mol. The lowest BCUT2D eigenvalue weighted by Crippen LogP contribution is -2.38. The van der Waals surface area contributed by atoms with Gasteiger partial charge in [-0.3, -0.25) is 19.3 Å². The predicted molar refractivity (Wildman–Crippen MR) is 76.6 cm³/mol. The fraction of sp³-hybridized carbons (Fsp3) is 0.357. The summed E-state index contributed by atoms with van der Waals surface area (Å²) in [5, 5.41) is 0. The van der Waals surface area contributed by atoms with Crippen molar-refractivity contribution in [3.63, 3.8) is 0 Å². The first-order chi connectivity index (χ1) is 9.34. The number of imide groups is 1. The summed E-state index contributed by atoms with van der Waals surface area (Å²) in [6.07, 6.45) is 0.111. The Bertz CT molecular complexity index is 570. The maximum Gasteiger partial charge on any atom is 0.240 e. The van der Waals surface area contributed by atoms with Gasteiger partial charge in [0.25, 0.3) is 0 Å². The quantitative estimate of drug-likeness (QED) is 0.841. The van der Waals surface area contributed by atoms with Crippen LogP contribution in [0.1, 0.15) is 25.3 Å². The third-order valence-corrected chi connectivity index (χ3v) is 4.11. The minimum absolute atomic E-state index is 0.00605. The average Bonchev–Trinajstić information content (AvgIpc) is 2.59. The Morgan fingerprint density at radius 1 is 1.35 bits per heavy atom. The fourth-order valence-corrected chi connectivity index (χ4v) is 2.64. The molecular formula is C14H15BrN2O3. The van der Waals surface area contributed by atoms with E-state index >= 15 is 0 Å². The molecule has 0 radical (unpaired) electrons. The van der Waals surface area contributed by atoms with Crippen molar-refractivity contribution in [1.82, 2.24) is 4.90 Å². The molecule has 1 aliphatic rings. The van der Waals surface area contributed by atoms with Gasteiger partial charge in [0.05, 0.1) is 5.41 Å².